The summed E-state index contributed by atoms with van der Waals surface area (Å²) in [5.41, 5.74) is 1.49. The molecular formula is C14H14ClF2N3O2. The molecule has 5 nitrogen and oxygen atoms in total. The van der Waals surface area contributed by atoms with Gasteiger partial charge in [0.25, 0.3) is 5.92 Å². The number of aliphatic carboxylic acids is 1. The Bertz CT molecular complexity index is 719. The fourth-order valence-corrected chi connectivity index (χ4v) is 2.88. The first-order valence-corrected chi connectivity index (χ1v) is 7.19. The minimum atomic E-state index is -3.16. The molecule has 0 radical (unpaired) electrons. The van der Waals surface area contributed by atoms with Crippen molar-refractivity contribution < 1.29 is 18.7 Å². The predicted molar refractivity (Wildman–Crippen MR) is 76.2 cm³/mol. The third-order valence-electron chi connectivity index (χ3n) is 3.94. The molecule has 0 aromatic carbocycles. The van der Waals surface area contributed by atoms with Crippen molar-refractivity contribution in [2.45, 2.75) is 18.9 Å². The highest BCUT2D eigenvalue weighted by Crippen LogP contribution is 2.34. The summed E-state index contributed by atoms with van der Waals surface area (Å²) in [5.74, 6) is -6.30. The second-order valence-electron chi connectivity index (χ2n) is 5.46. The third kappa shape index (κ3) is 2.78. The first kappa shape index (κ1) is 15.2. The Morgan fingerprint density at radius 3 is 3.00 bits per heavy atom. The van der Waals surface area contributed by atoms with E-state index in [1.165, 1.54) is 0 Å². The fourth-order valence-electron chi connectivity index (χ4n) is 2.72. The summed E-state index contributed by atoms with van der Waals surface area (Å²) in [6, 6.07) is 3.48. The van der Waals surface area contributed by atoms with E-state index in [1.54, 1.807) is 33.8 Å². The number of rotatable bonds is 3. The Labute approximate surface area is 130 Å². The van der Waals surface area contributed by atoms with Crippen LogP contribution in [-0.2, 0) is 11.3 Å². The zero-order valence-corrected chi connectivity index (χ0v) is 12.3. The number of carboxylic acid groups (broad SMARTS) is 1. The summed E-state index contributed by atoms with van der Waals surface area (Å²) in [5, 5.41) is 9.53. The molecule has 3 heterocycles. The number of halogens is 3. The van der Waals surface area contributed by atoms with Crippen LogP contribution in [0.15, 0.2) is 24.5 Å². The van der Waals surface area contributed by atoms with E-state index in [-0.39, 0.29) is 13.1 Å². The lowest BCUT2D eigenvalue weighted by Crippen LogP contribution is -2.50. The lowest BCUT2D eigenvalue weighted by atomic mass is 9.93. The number of alkyl halides is 2. The van der Waals surface area contributed by atoms with Gasteiger partial charge < -0.3 is 9.51 Å². The molecular weight excluding hydrogens is 316 g/mol. The maximum Gasteiger partial charge on any atom is 0.313 e. The molecule has 118 valence electrons. The first-order valence-electron chi connectivity index (χ1n) is 6.81. The summed E-state index contributed by atoms with van der Waals surface area (Å²) in [6.07, 6.45) is 2.89. The average Bonchev–Trinajstić information content (AvgIpc) is 2.83. The van der Waals surface area contributed by atoms with Crippen LogP contribution in [0.25, 0.3) is 5.65 Å². The molecule has 1 fully saturated rings. The second-order valence-corrected chi connectivity index (χ2v) is 5.90. The van der Waals surface area contributed by atoms with Crippen LogP contribution in [0, 0.1) is 5.92 Å². The Balaban J connectivity index is 1.81. The molecule has 8 heteroatoms. The Morgan fingerprint density at radius 2 is 2.27 bits per heavy atom. The van der Waals surface area contributed by atoms with Gasteiger partial charge in [-0.1, -0.05) is 11.6 Å². The second kappa shape index (κ2) is 5.48. The first-order chi connectivity index (χ1) is 10.4. The minimum absolute atomic E-state index is 0.143. The summed E-state index contributed by atoms with van der Waals surface area (Å²) in [6.45, 7) is 0.308. The van der Waals surface area contributed by atoms with Crippen LogP contribution in [0.4, 0.5) is 8.78 Å². The van der Waals surface area contributed by atoms with E-state index in [4.69, 9.17) is 16.7 Å². The molecule has 1 N–H and O–H groups in total. The van der Waals surface area contributed by atoms with Gasteiger partial charge in [0.15, 0.2) is 0 Å². The molecule has 2 aromatic heterocycles. The molecule has 0 aliphatic carbocycles. The number of imidazole rings is 1. The molecule has 3 rings (SSSR count). The van der Waals surface area contributed by atoms with Crippen molar-refractivity contribution in [1.29, 1.82) is 0 Å². The van der Waals surface area contributed by atoms with Crippen LogP contribution in [0.2, 0.25) is 5.02 Å². The molecule has 1 atom stereocenters. The number of nitrogens with zero attached hydrogens (tertiary/aromatic N) is 3. The Kier molecular flexibility index (Phi) is 3.78. The summed E-state index contributed by atoms with van der Waals surface area (Å²) < 4.78 is 29.1. The molecule has 1 aliphatic heterocycles. The van der Waals surface area contributed by atoms with Gasteiger partial charge >= 0.3 is 5.97 Å². The fraction of sp³-hybridized carbons (Fsp3) is 0.429. The Morgan fingerprint density at radius 1 is 1.50 bits per heavy atom. The number of piperidine rings is 1. The monoisotopic (exact) mass is 329 g/mol. The standard InChI is InChI=1S/C14H14ClF2N3O2/c15-9-1-2-12-18-5-10(20(12)6-9)7-19-4-3-14(16,17)11(8-19)13(21)22/h1-2,5-6,11H,3-4,7-8H2,(H,21,22). The average molecular weight is 330 g/mol. The van der Waals surface area contributed by atoms with E-state index >= 15 is 0 Å². The van der Waals surface area contributed by atoms with Crippen LogP contribution in [0.3, 0.4) is 0 Å². The number of carbonyl (C=O) groups is 1. The highest BCUT2D eigenvalue weighted by molar-refractivity contribution is 6.30. The van der Waals surface area contributed by atoms with Crippen molar-refractivity contribution in [3.8, 4) is 0 Å². The van der Waals surface area contributed by atoms with Crippen molar-refractivity contribution in [1.82, 2.24) is 14.3 Å². The zero-order valence-electron chi connectivity index (χ0n) is 11.5. The van der Waals surface area contributed by atoms with Gasteiger partial charge in [0.1, 0.15) is 11.6 Å². The van der Waals surface area contributed by atoms with Crippen molar-refractivity contribution in [2.75, 3.05) is 13.1 Å². The summed E-state index contributed by atoms with van der Waals surface area (Å²) in [4.78, 5) is 17.0. The van der Waals surface area contributed by atoms with Gasteiger partial charge in [0, 0.05) is 32.3 Å². The van der Waals surface area contributed by atoms with Gasteiger partial charge in [-0.25, -0.2) is 13.8 Å². The normalized spacial score (nSPS) is 22.0. The van der Waals surface area contributed by atoms with Gasteiger partial charge in [0.05, 0.1) is 16.9 Å². The number of fused-ring (bicyclic) bond motifs is 1. The van der Waals surface area contributed by atoms with Crippen molar-refractivity contribution in [3.63, 3.8) is 0 Å². The molecule has 2 aromatic rings. The molecule has 22 heavy (non-hydrogen) atoms. The van der Waals surface area contributed by atoms with Gasteiger partial charge in [-0.3, -0.25) is 9.69 Å². The molecule has 1 saturated heterocycles. The van der Waals surface area contributed by atoms with Crippen LogP contribution in [0.1, 0.15) is 12.1 Å². The SMILES string of the molecule is O=C(O)C1CN(Cc2cnc3ccc(Cl)cn23)CCC1(F)F. The van der Waals surface area contributed by atoms with Crippen molar-refractivity contribution in [2.24, 2.45) is 5.92 Å². The van der Waals surface area contributed by atoms with E-state index in [0.29, 0.717) is 17.2 Å². The number of likely N-dealkylation sites (tertiary alicyclic amines) is 1. The number of aromatic nitrogens is 2. The van der Waals surface area contributed by atoms with E-state index in [2.05, 4.69) is 4.98 Å². The topological polar surface area (TPSA) is 57.8 Å². The third-order valence-corrected chi connectivity index (χ3v) is 4.17. The number of hydrogen-bond acceptors (Lipinski definition) is 3. The van der Waals surface area contributed by atoms with E-state index in [1.807, 2.05) is 0 Å². The zero-order chi connectivity index (χ0) is 15.9. The van der Waals surface area contributed by atoms with E-state index < -0.39 is 24.2 Å². The molecule has 1 unspecified atom stereocenters. The van der Waals surface area contributed by atoms with E-state index in [9.17, 15) is 13.6 Å². The van der Waals surface area contributed by atoms with Crippen molar-refractivity contribution in [3.05, 3.63) is 35.2 Å². The Hall–Kier alpha value is -1.73. The van der Waals surface area contributed by atoms with Gasteiger partial charge in [-0.2, -0.15) is 0 Å². The number of pyridine rings is 1. The predicted octanol–water partition coefficient (Wildman–Crippen LogP) is 2.53. The molecule has 0 bridgehead atoms. The van der Waals surface area contributed by atoms with Gasteiger partial charge in [0.2, 0.25) is 0 Å². The molecule has 0 saturated carbocycles. The van der Waals surface area contributed by atoms with Gasteiger partial charge in [-0.15, -0.1) is 0 Å². The molecule has 1 aliphatic rings. The summed E-state index contributed by atoms with van der Waals surface area (Å²) in [7, 11) is 0. The molecule has 0 spiro atoms. The lowest BCUT2D eigenvalue weighted by Gasteiger charge is -2.36. The summed E-state index contributed by atoms with van der Waals surface area (Å²) >= 11 is 5.95. The van der Waals surface area contributed by atoms with Crippen molar-refractivity contribution >= 4 is 23.2 Å². The largest absolute Gasteiger partial charge is 0.481 e. The van der Waals surface area contributed by atoms with Gasteiger partial charge in [-0.05, 0) is 12.1 Å². The van der Waals surface area contributed by atoms with Crippen LogP contribution in [0.5, 0.6) is 0 Å². The lowest BCUT2D eigenvalue weighted by molar-refractivity contribution is -0.167. The highest BCUT2D eigenvalue weighted by atomic mass is 35.5. The highest BCUT2D eigenvalue weighted by Gasteiger charge is 2.48. The van der Waals surface area contributed by atoms with Crippen LogP contribution < -0.4 is 0 Å². The van der Waals surface area contributed by atoms with E-state index in [0.717, 1.165) is 5.69 Å². The number of carboxylic acids is 1. The maximum atomic E-state index is 13.6. The smallest absolute Gasteiger partial charge is 0.313 e. The minimum Gasteiger partial charge on any atom is -0.481 e. The maximum absolute atomic E-state index is 13.6. The number of hydrogen-bond donors (Lipinski definition) is 1. The van der Waals surface area contributed by atoms with Crippen LogP contribution in [-0.4, -0.2) is 44.4 Å². The van der Waals surface area contributed by atoms with Crippen LogP contribution >= 0.6 is 11.6 Å². The quantitative estimate of drug-likeness (QED) is 0.940. The molecule has 0 amide bonds.